The zero-order chi connectivity index (χ0) is 15.5. The van der Waals surface area contributed by atoms with Crippen molar-refractivity contribution in [2.75, 3.05) is 11.3 Å². The predicted octanol–water partition coefficient (Wildman–Crippen LogP) is 1.58. The van der Waals surface area contributed by atoms with Gasteiger partial charge in [-0.2, -0.15) is 0 Å². The lowest BCUT2D eigenvalue weighted by Crippen LogP contribution is -2.18. The van der Waals surface area contributed by atoms with E-state index in [1.165, 1.54) is 35.0 Å². The van der Waals surface area contributed by atoms with Crippen LogP contribution in [-0.4, -0.2) is 19.6 Å². The fourth-order valence-corrected chi connectivity index (χ4v) is 2.79. The number of ether oxygens (including phenoxy) is 1. The Bertz CT molecular complexity index is 779. The van der Waals surface area contributed by atoms with Crippen molar-refractivity contribution in [1.29, 1.82) is 0 Å². The number of aryl methyl sites for hydroxylation is 1. The number of rotatable bonds is 5. The summed E-state index contributed by atoms with van der Waals surface area (Å²) in [6, 6.07) is 8.85. The second-order valence-electron chi connectivity index (χ2n) is 4.38. The third kappa shape index (κ3) is 3.63. The van der Waals surface area contributed by atoms with Gasteiger partial charge in [-0.25, -0.2) is 8.42 Å². The molecule has 0 bridgehead atoms. The Kier molecular flexibility index (Phi) is 4.32. The fourth-order valence-electron chi connectivity index (χ4n) is 1.75. The molecule has 1 N–H and O–H groups in total. The molecule has 0 aliphatic carbocycles. The van der Waals surface area contributed by atoms with E-state index in [0.29, 0.717) is 18.0 Å². The molecule has 0 atom stereocenters. The highest BCUT2D eigenvalue weighted by Crippen LogP contribution is 2.18. The van der Waals surface area contributed by atoms with Gasteiger partial charge in [0.1, 0.15) is 5.75 Å². The Morgan fingerprint density at radius 3 is 2.38 bits per heavy atom. The normalized spacial score (nSPS) is 11.1. The molecular weight excluding hydrogens is 292 g/mol. The maximum atomic E-state index is 12.2. The molecule has 0 saturated carbocycles. The topological polar surface area (TPSA) is 77.4 Å². The maximum Gasteiger partial charge on any atom is 0.261 e. The summed E-state index contributed by atoms with van der Waals surface area (Å²) in [6.45, 7) is 2.37. The molecule has 7 heteroatoms. The summed E-state index contributed by atoms with van der Waals surface area (Å²) in [7, 11) is -2.14. The van der Waals surface area contributed by atoms with E-state index in [0.717, 1.165) is 0 Å². The molecule has 112 valence electrons. The summed E-state index contributed by atoms with van der Waals surface area (Å²) in [5.74, 6) is 0.610. The number of nitrogens with zero attached hydrogens (tertiary/aromatic N) is 1. The van der Waals surface area contributed by atoms with Crippen LogP contribution in [0.4, 0.5) is 5.69 Å². The maximum absolute atomic E-state index is 12.2. The van der Waals surface area contributed by atoms with Crippen LogP contribution in [0.3, 0.4) is 0 Å². The van der Waals surface area contributed by atoms with Crippen molar-refractivity contribution < 1.29 is 13.2 Å². The minimum Gasteiger partial charge on any atom is -0.494 e. The quantitative estimate of drug-likeness (QED) is 0.910. The molecule has 21 heavy (non-hydrogen) atoms. The standard InChI is InChI=1S/C14H16N2O4S/c1-3-20-12-5-7-13(8-6-12)21(18,19)15-11-4-9-14(17)16(2)10-11/h4-10,15H,3H2,1-2H3. The first-order chi connectivity index (χ1) is 9.92. The van der Waals surface area contributed by atoms with E-state index in [9.17, 15) is 13.2 Å². The molecule has 1 aromatic carbocycles. The fraction of sp³-hybridized carbons (Fsp3) is 0.214. The van der Waals surface area contributed by atoms with Gasteiger partial charge in [0.25, 0.3) is 10.0 Å². The van der Waals surface area contributed by atoms with Gasteiger partial charge in [-0.3, -0.25) is 9.52 Å². The monoisotopic (exact) mass is 308 g/mol. The van der Waals surface area contributed by atoms with Gasteiger partial charge >= 0.3 is 0 Å². The second-order valence-corrected chi connectivity index (χ2v) is 6.06. The minimum absolute atomic E-state index is 0.125. The van der Waals surface area contributed by atoms with Crippen molar-refractivity contribution in [2.45, 2.75) is 11.8 Å². The molecule has 0 spiro atoms. The largest absolute Gasteiger partial charge is 0.494 e. The molecule has 1 heterocycles. The second kappa shape index (κ2) is 6.01. The van der Waals surface area contributed by atoms with Gasteiger partial charge in [0, 0.05) is 19.3 Å². The zero-order valence-corrected chi connectivity index (χ0v) is 12.6. The Morgan fingerprint density at radius 2 is 1.81 bits per heavy atom. The Labute approximate surface area is 123 Å². The van der Waals surface area contributed by atoms with E-state index in [1.54, 1.807) is 19.2 Å². The Morgan fingerprint density at radius 1 is 1.14 bits per heavy atom. The molecular formula is C14H16N2O4S. The zero-order valence-electron chi connectivity index (χ0n) is 11.7. The molecule has 0 fully saturated rings. The van der Waals surface area contributed by atoms with Crippen LogP contribution in [-0.2, 0) is 17.1 Å². The molecule has 2 rings (SSSR count). The Balaban J connectivity index is 2.25. The van der Waals surface area contributed by atoms with E-state index < -0.39 is 10.0 Å². The lowest BCUT2D eigenvalue weighted by molar-refractivity contribution is 0.340. The van der Waals surface area contributed by atoms with Crippen molar-refractivity contribution in [1.82, 2.24) is 4.57 Å². The van der Waals surface area contributed by atoms with Crippen LogP contribution < -0.4 is 15.0 Å². The molecule has 0 aliphatic heterocycles. The van der Waals surface area contributed by atoms with E-state index in [1.807, 2.05) is 6.92 Å². The van der Waals surface area contributed by atoms with Gasteiger partial charge in [-0.05, 0) is 37.3 Å². The smallest absolute Gasteiger partial charge is 0.261 e. The SMILES string of the molecule is CCOc1ccc(S(=O)(=O)Nc2ccc(=O)n(C)c2)cc1. The molecule has 1 aromatic heterocycles. The van der Waals surface area contributed by atoms with Crippen LogP contribution in [0.1, 0.15) is 6.92 Å². The van der Waals surface area contributed by atoms with Crippen LogP contribution >= 0.6 is 0 Å². The third-order valence-corrected chi connectivity index (χ3v) is 4.18. The first-order valence-electron chi connectivity index (χ1n) is 6.35. The lowest BCUT2D eigenvalue weighted by Gasteiger charge is -2.09. The number of sulfonamides is 1. The van der Waals surface area contributed by atoms with Crippen molar-refractivity contribution >= 4 is 15.7 Å². The summed E-state index contributed by atoms with van der Waals surface area (Å²) < 4.78 is 33.5. The number of benzene rings is 1. The molecule has 0 amide bonds. The first kappa shape index (κ1) is 15.1. The van der Waals surface area contributed by atoms with Crippen molar-refractivity contribution in [3.05, 3.63) is 52.9 Å². The van der Waals surface area contributed by atoms with Crippen LogP contribution in [0.25, 0.3) is 0 Å². The number of pyridine rings is 1. The van der Waals surface area contributed by atoms with Crippen LogP contribution in [0.15, 0.2) is 52.3 Å². The van der Waals surface area contributed by atoms with Crippen LogP contribution in [0, 0.1) is 0 Å². The highest BCUT2D eigenvalue weighted by molar-refractivity contribution is 7.92. The van der Waals surface area contributed by atoms with Gasteiger partial charge in [0.2, 0.25) is 5.56 Å². The van der Waals surface area contributed by atoms with Crippen molar-refractivity contribution in [3.63, 3.8) is 0 Å². The third-order valence-electron chi connectivity index (χ3n) is 2.78. The number of nitrogens with one attached hydrogen (secondary N) is 1. The molecule has 0 radical (unpaired) electrons. The van der Waals surface area contributed by atoms with Gasteiger partial charge in [-0.1, -0.05) is 0 Å². The summed E-state index contributed by atoms with van der Waals surface area (Å²) in [5.41, 5.74) is 0.116. The molecule has 6 nitrogen and oxygen atoms in total. The molecule has 0 unspecified atom stereocenters. The highest BCUT2D eigenvalue weighted by atomic mass is 32.2. The van der Waals surface area contributed by atoms with Gasteiger partial charge in [-0.15, -0.1) is 0 Å². The van der Waals surface area contributed by atoms with Gasteiger partial charge in [0.15, 0.2) is 0 Å². The summed E-state index contributed by atoms with van der Waals surface area (Å²) >= 11 is 0. The average Bonchev–Trinajstić information content (AvgIpc) is 2.44. The average molecular weight is 308 g/mol. The first-order valence-corrected chi connectivity index (χ1v) is 7.83. The molecule has 0 aliphatic rings. The lowest BCUT2D eigenvalue weighted by atomic mass is 10.3. The van der Waals surface area contributed by atoms with E-state index in [-0.39, 0.29) is 10.5 Å². The highest BCUT2D eigenvalue weighted by Gasteiger charge is 2.14. The van der Waals surface area contributed by atoms with Crippen LogP contribution in [0.2, 0.25) is 0 Å². The summed E-state index contributed by atoms with van der Waals surface area (Å²) in [6.07, 6.45) is 1.43. The summed E-state index contributed by atoms with van der Waals surface area (Å²) in [4.78, 5) is 11.4. The minimum atomic E-state index is -3.70. The van der Waals surface area contributed by atoms with Gasteiger partial charge < -0.3 is 9.30 Å². The van der Waals surface area contributed by atoms with Crippen molar-refractivity contribution in [3.8, 4) is 5.75 Å². The van der Waals surface area contributed by atoms with E-state index in [4.69, 9.17) is 4.74 Å². The predicted molar refractivity (Wildman–Crippen MR) is 80.1 cm³/mol. The number of hydrogen-bond donors (Lipinski definition) is 1. The number of hydrogen-bond acceptors (Lipinski definition) is 4. The molecule has 2 aromatic rings. The van der Waals surface area contributed by atoms with Crippen LogP contribution in [0.5, 0.6) is 5.75 Å². The van der Waals surface area contributed by atoms with E-state index >= 15 is 0 Å². The number of aromatic nitrogens is 1. The van der Waals surface area contributed by atoms with E-state index in [2.05, 4.69) is 4.72 Å². The molecule has 0 saturated heterocycles. The van der Waals surface area contributed by atoms with Crippen molar-refractivity contribution in [2.24, 2.45) is 7.05 Å². The number of anilines is 1. The summed E-state index contributed by atoms with van der Waals surface area (Å²) in [5, 5.41) is 0. The van der Waals surface area contributed by atoms with Gasteiger partial charge in [0.05, 0.1) is 17.2 Å². The Hall–Kier alpha value is -2.28.